The van der Waals surface area contributed by atoms with Gasteiger partial charge in [-0.1, -0.05) is 0 Å². The Bertz CT molecular complexity index is 267. The second-order valence-electron chi connectivity index (χ2n) is 1.55. The molecule has 62 valence electrons. The van der Waals surface area contributed by atoms with Crippen LogP contribution in [0.5, 0.6) is 0 Å². The van der Waals surface area contributed by atoms with Crippen LogP contribution in [0, 0.1) is 0 Å². The number of hydrogen-bond acceptors (Lipinski definition) is 6. The molecule has 0 radical (unpaired) electrons. The smallest absolute Gasteiger partial charge is 0.747 e. The normalized spacial score (nSPS) is 12.7. The van der Waals surface area contributed by atoms with Crippen LogP contribution in [0.15, 0.2) is 0 Å². The van der Waals surface area contributed by atoms with Crippen molar-refractivity contribution in [1.29, 1.82) is 0 Å². The zero-order valence-electron chi connectivity index (χ0n) is 5.55. The van der Waals surface area contributed by atoms with Gasteiger partial charge in [-0.25, -0.2) is 16.8 Å². The van der Waals surface area contributed by atoms with Crippen LogP contribution in [0.2, 0.25) is 0 Å². The molecule has 0 spiro atoms. The summed E-state index contributed by atoms with van der Waals surface area (Å²) in [4.78, 5) is 0. The summed E-state index contributed by atoms with van der Waals surface area (Å²) in [6.45, 7) is 0.532. The van der Waals surface area contributed by atoms with Crippen molar-refractivity contribution in [1.82, 2.24) is 0 Å². The molecule has 0 amide bonds. The molecule has 0 aromatic carbocycles. The molecule has 0 fully saturated rings. The van der Waals surface area contributed by atoms with Gasteiger partial charge in [-0.2, -0.15) is 0 Å². The summed E-state index contributed by atoms with van der Waals surface area (Å²) in [5.74, 6) is 0. The average Bonchev–Trinajstić information content (AvgIpc) is 1.59. The maximum absolute atomic E-state index is 9.84. The predicted molar refractivity (Wildman–Crippen MR) is 34.6 cm³/mol. The molecule has 0 atom stereocenters. The molecule has 0 saturated carbocycles. The van der Waals surface area contributed by atoms with Crippen molar-refractivity contribution in [2.45, 2.75) is 11.5 Å². The fraction of sp³-hybridized carbons (Fsp3) is 1.00. The van der Waals surface area contributed by atoms with Crippen molar-refractivity contribution in [3.05, 3.63) is 0 Å². The standard InChI is InChI=1S/C2H6O6S2.Ba/c1-2(9(3,4)5)10(6,7)8;/h2H,1H3,(H,3,4,5)(H,6,7,8);/q;+2/p-2. The molecule has 0 bridgehead atoms. The van der Waals surface area contributed by atoms with E-state index in [0.29, 0.717) is 6.92 Å². The van der Waals surface area contributed by atoms with Crippen molar-refractivity contribution in [2.75, 3.05) is 0 Å². The summed E-state index contributed by atoms with van der Waals surface area (Å²) < 4.78 is 56.7. The van der Waals surface area contributed by atoms with E-state index < -0.39 is 24.8 Å². The maximum Gasteiger partial charge on any atom is 2.00 e. The molecule has 0 saturated heterocycles. The maximum atomic E-state index is 9.84. The van der Waals surface area contributed by atoms with Gasteiger partial charge in [-0.3, -0.25) is 0 Å². The Labute approximate surface area is 105 Å². The van der Waals surface area contributed by atoms with E-state index >= 15 is 0 Å². The van der Waals surface area contributed by atoms with E-state index in [0.717, 1.165) is 0 Å². The summed E-state index contributed by atoms with van der Waals surface area (Å²) in [6.07, 6.45) is 0. The van der Waals surface area contributed by atoms with Crippen LogP contribution in [0.1, 0.15) is 6.92 Å². The minimum atomic E-state index is -5.01. The van der Waals surface area contributed by atoms with Gasteiger partial charge in [0.1, 0.15) is 24.8 Å². The van der Waals surface area contributed by atoms with Gasteiger partial charge in [0.15, 0.2) is 0 Å². The van der Waals surface area contributed by atoms with E-state index in [2.05, 4.69) is 0 Å². The van der Waals surface area contributed by atoms with E-state index in [-0.39, 0.29) is 48.9 Å². The van der Waals surface area contributed by atoms with Crippen LogP contribution < -0.4 is 0 Å². The van der Waals surface area contributed by atoms with Crippen LogP contribution in [0.25, 0.3) is 0 Å². The first kappa shape index (κ1) is 14.9. The molecule has 0 aromatic rings. The second kappa shape index (κ2) is 4.58. The van der Waals surface area contributed by atoms with Crippen molar-refractivity contribution >= 4 is 69.1 Å². The molecular weight excluding hydrogens is 321 g/mol. The van der Waals surface area contributed by atoms with Gasteiger partial charge in [0, 0.05) is 0 Å². The molecule has 0 rings (SSSR count). The fourth-order valence-electron chi connectivity index (χ4n) is 0.144. The van der Waals surface area contributed by atoms with Crippen molar-refractivity contribution in [3.8, 4) is 0 Å². The fourth-order valence-corrected chi connectivity index (χ4v) is 1.30. The number of hydrogen-bond donors (Lipinski definition) is 0. The molecule has 0 aliphatic carbocycles. The molecule has 0 aromatic heterocycles. The summed E-state index contributed by atoms with van der Waals surface area (Å²) >= 11 is 0. The van der Waals surface area contributed by atoms with E-state index in [4.69, 9.17) is 0 Å². The SMILES string of the molecule is CC(S(=O)(=O)[O-])S(=O)(=O)[O-].[Ba+2]. The van der Waals surface area contributed by atoms with Crippen LogP contribution in [-0.2, 0) is 20.2 Å². The van der Waals surface area contributed by atoms with Gasteiger partial charge in [0.25, 0.3) is 0 Å². The molecular formula is C2H4BaO6S2. The predicted octanol–water partition coefficient (Wildman–Crippen LogP) is -1.96. The van der Waals surface area contributed by atoms with Crippen LogP contribution in [0.4, 0.5) is 0 Å². The zero-order chi connectivity index (χ0) is 8.58. The monoisotopic (exact) mass is 326 g/mol. The first-order chi connectivity index (χ1) is 4.15. The van der Waals surface area contributed by atoms with Gasteiger partial charge in [-0.15, -0.1) is 0 Å². The summed E-state index contributed by atoms with van der Waals surface area (Å²) in [5, 5.41) is 0. The Morgan fingerprint density at radius 2 is 1.18 bits per heavy atom. The van der Waals surface area contributed by atoms with Crippen LogP contribution in [0.3, 0.4) is 0 Å². The average molecular weight is 326 g/mol. The van der Waals surface area contributed by atoms with Crippen molar-refractivity contribution in [2.24, 2.45) is 0 Å². The summed E-state index contributed by atoms with van der Waals surface area (Å²) in [7, 11) is -10.0. The Kier molecular flexibility index (Phi) is 6.20. The van der Waals surface area contributed by atoms with Gasteiger partial charge in [0.2, 0.25) is 0 Å². The van der Waals surface area contributed by atoms with Crippen molar-refractivity contribution in [3.63, 3.8) is 0 Å². The summed E-state index contributed by atoms with van der Waals surface area (Å²) in [5.41, 5.74) is 0. The molecule has 9 heteroatoms. The van der Waals surface area contributed by atoms with Crippen molar-refractivity contribution < 1.29 is 25.9 Å². The Morgan fingerprint density at radius 1 is 1.00 bits per heavy atom. The van der Waals surface area contributed by atoms with Crippen LogP contribution >= 0.6 is 0 Å². The number of rotatable bonds is 2. The van der Waals surface area contributed by atoms with E-state index in [9.17, 15) is 25.9 Å². The molecule has 0 aliphatic heterocycles. The van der Waals surface area contributed by atoms with Gasteiger partial charge >= 0.3 is 48.9 Å². The third-order valence-electron chi connectivity index (χ3n) is 0.813. The third-order valence-corrected chi connectivity index (χ3v) is 3.85. The minimum Gasteiger partial charge on any atom is -0.747 e. The zero-order valence-corrected chi connectivity index (χ0v) is 11.6. The third kappa shape index (κ3) is 5.60. The van der Waals surface area contributed by atoms with Crippen LogP contribution in [-0.4, -0.2) is 79.4 Å². The molecule has 0 N–H and O–H groups in total. The Morgan fingerprint density at radius 3 is 1.18 bits per heavy atom. The Hall–Kier alpha value is 1.39. The molecule has 11 heavy (non-hydrogen) atoms. The first-order valence-corrected chi connectivity index (χ1v) is 4.99. The van der Waals surface area contributed by atoms with E-state index in [1.165, 1.54) is 0 Å². The minimum absolute atomic E-state index is 0. The molecule has 6 nitrogen and oxygen atoms in total. The molecule has 0 aliphatic rings. The second-order valence-corrected chi connectivity index (χ2v) is 5.24. The quantitative estimate of drug-likeness (QED) is 0.430. The Balaban J connectivity index is 0. The van der Waals surface area contributed by atoms with Gasteiger partial charge < -0.3 is 9.11 Å². The topological polar surface area (TPSA) is 114 Å². The van der Waals surface area contributed by atoms with Gasteiger partial charge in [0.05, 0.1) is 0 Å². The first-order valence-electron chi connectivity index (χ1n) is 2.05. The molecule has 0 heterocycles. The molecule has 0 unspecified atom stereocenters. The summed E-state index contributed by atoms with van der Waals surface area (Å²) in [6, 6.07) is 0. The van der Waals surface area contributed by atoms with E-state index in [1.54, 1.807) is 0 Å². The largest absolute Gasteiger partial charge is 2.00 e. The van der Waals surface area contributed by atoms with E-state index in [1.807, 2.05) is 0 Å². The van der Waals surface area contributed by atoms with Gasteiger partial charge in [-0.05, 0) is 6.92 Å².